The van der Waals surface area contributed by atoms with Crippen LogP contribution in [0.5, 0.6) is 0 Å². The summed E-state index contributed by atoms with van der Waals surface area (Å²) >= 11 is 0. The normalized spacial score (nSPS) is 11.5. The quantitative estimate of drug-likeness (QED) is 0.752. The van der Waals surface area contributed by atoms with E-state index in [0.717, 1.165) is 0 Å². The van der Waals surface area contributed by atoms with Crippen molar-refractivity contribution in [3.05, 3.63) is 12.7 Å². The van der Waals surface area contributed by atoms with Crippen LogP contribution in [0.4, 0.5) is 19.0 Å². The lowest BCUT2D eigenvalue weighted by molar-refractivity contribution is -0.137. The molecule has 0 bridgehead atoms. The number of aromatic nitrogens is 4. The molecule has 102 valence electrons. The van der Waals surface area contributed by atoms with Crippen LogP contribution in [0.15, 0.2) is 12.7 Å². The molecule has 0 fully saturated rings. The molecule has 0 radical (unpaired) electrons. The Morgan fingerprint density at radius 1 is 1.32 bits per heavy atom. The second-order valence-corrected chi connectivity index (χ2v) is 3.57. The standard InChI is InChI=1S/C9H9F3N6O/c10-9(11,12)2-14-5(19)1-13-7-6-8(16-3-15-6)18-4-17-7/h3-4H,1-2H2,(H,14,19)(H2,13,15,16,17,18). The predicted molar refractivity (Wildman–Crippen MR) is 59.2 cm³/mol. The number of alkyl halides is 3. The molecule has 19 heavy (non-hydrogen) atoms. The highest BCUT2D eigenvalue weighted by atomic mass is 19.4. The average Bonchev–Trinajstić information content (AvgIpc) is 2.81. The highest BCUT2D eigenvalue weighted by Gasteiger charge is 2.27. The van der Waals surface area contributed by atoms with Crippen LogP contribution >= 0.6 is 0 Å². The van der Waals surface area contributed by atoms with Crippen LogP contribution < -0.4 is 10.6 Å². The molecular formula is C9H9F3N6O. The van der Waals surface area contributed by atoms with Crippen LogP contribution in [-0.2, 0) is 4.79 Å². The first-order valence-electron chi connectivity index (χ1n) is 5.17. The Hall–Kier alpha value is -2.39. The van der Waals surface area contributed by atoms with Crippen molar-refractivity contribution in [3.8, 4) is 0 Å². The Bertz CT molecular complexity index is 581. The molecular weight excluding hydrogens is 265 g/mol. The predicted octanol–water partition coefficient (Wildman–Crippen LogP) is 0.443. The Kier molecular flexibility index (Phi) is 3.49. The van der Waals surface area contributed by atoms with Gasteiger partial charge in [0.1, 0.15) is 18.4 Å². The maximum atomic E-state index is 11.9. The molecule has 0 aliphatic carbocycles. The van der Waals surface area contributed by atoms with Gasteiger partial charge in [-0.1, -0.05) is 0 Å². The van der Waals surface area contributed by atoms with Gasteiger partial charge in [0, 0.05) is 0 Å². The number of halogens is 3. The van der Waals surface area contributed by atoms with Crippen molar-refractivity contribution < 1.29 is 18.0 Å². The highest BCUT2D eigenvalue weighted by molar-refractivity contribution is 5.86. The molecule has 0 aliphatic rings. The van der Waals surface area contributed by atoms with Gasteiger partial charge in [-0.3, -0.25) is 4.79 Å². The number of nitrogens with one attached hydrogen (secondary N) is 3. The summed E-state index contributed by atoms with van der Waals surface area (Å²) in [5.41, 5.74) is 0.874. The van der Waals surface area contributed by atoms with Crippen LogP contribution in [-0.4, -0.2) is 45.1 Å². The van der Waals surface area contributed by atoms with Gasteiger partial charge in [0.05, 0.1) is 12.9 Å². The highest BCUT2D eigenvalue weighted by Crippen LogP contribution is 2.14. The van der Waals surface area contributed by atoms with E-state index in [1.807, 2.05) is 0 Å². The average molecular weight is 274 g/mol. The molecule has 2 aromatic rings. The molecule has 2 heterocycles. The number of H-pyrrole nitrogens is 1. The van der Waals surface area contributed by atoms with E-state index in [-0.39, 0.29) is 6.54 Å². The third kappa shape index (κ3) is 3.53. The van der Waals surface area contributed by atoms with E-state index in [1.165, 1.54) is 12.7 Å². The maximum Gasteiger partial charge on any atom is 0.405 e. The van der Waals surface area contributed by atoms with E-state index < -0.39 is 18.6 Å². The van der Waals surface area contributed by atoms with Crippen LogP contribution in [0.25, 0.3) is 11.2 Å². The van der Waals surface area contributed by atoms with Crippen molar-refractivity contribution in [2.45, 2.75) is 6.18 Å². The zero-order chi connectivity index (χ0) is 13.9. The number of anilines is 1. The van der Waals surface area contributed by atoms with Crippen molar-refractivity contribution in [2.75, 3.05) is 18.4 Å². The maximum absolute atomic E-state index is 11.9. The van der Waals surface area contributed by atoms with Gasteiger partial charge in [0.2, 0.25) is 5.91 Å². The minimum atomic E-state index is -4.43. The van der Waals surface area contributed by atoms with Gasteiger partial charge >= 0.3 is 6.18 Å². The Balaban J connectivity index is 1.92. The largest absolute Gasteiger partial charge is 0.405 e. The summed E-state index contributed by atoms with van der Waals surface area (Å²) in [4.78, 5) is 25.6. The first kappa shape index (κ1) is 13.1. The minimum absolute atomic E-state index is 0.296. The van der Waals surface area contributed by atoms with Crippen molar-refractivity contribution in [1.82, 2.24) is 25.3 Å². The minimum Gasteiger partial charge on any atom is -0.359 e. The monoisotopic (exact) mass is 274 g/mol. The topological polar surface area (TPSA) is 95.6 Å². The van der Waals surface area contributed by atoms with Gasteiger partial charge in [0.25, 0.3) is 0 Å². The number of carbonyl (C=O) groups excluding carboxylic acids is 1. The number of fused-ring (bicyclic) bond motifs is 1. The molecule has 0 spiro atoms. The fraction of sp³-hybridized carbons (Fsp3) is 0.333. The summed E-state index contributed by atoms with van der Waals surface area (Å²) in [5, 5.41) is 4.35. The first-order valence-corrected chi connectivity index (χ1v) is 5.17. The second kappa shape index (κ2) is 5.08. The SMILES string of the molecule is O=C(CNc1ncnc2nc[nH]c12)NCC(F)(F)F. The zero-order valence-corrected chi connectivity index (χ0v) is 9.45. The Morgan fingerprint density at radius 3 is 2.84 bits per heavy atom. The molecule has 0 aromatic carbocycles. The van der Waals surface area contributed by atoms with E-state index in [1.54, 1.807) is 5.32 Å². The molecule has 2 rings (SSSR count). The molecule has 7 nitrogen and oxygen atoms in total. The van der Waals surface area contributed by atoms with Crippen molar-refractivity contribution >= 4 is 22.9 Å². The molecule has 0 atom stereocenters. The molecule has 3 N–H and O–H groups in total. The lowest BCUT2D eigenvalue weighted by atomic mass is 10.4. The molecule has 0 unspecified atom stereocenters. The van der Waals surface area contributed by atoms with Crippen LogP contribution in [0.3, 0.4) is 0 Å². The van der Waals surface area contributed by atoms with Crippen LogP contribution in [0, 0.1) is 0 Å². The van der Waals surface area contributed by atoms with Crippen molar-refractivity contribution in [3.63, 3.8) is 0 Å². The number of nitrogens with zero attached hydrogens (tertiary/aromatic N) is 3. The fourth-order valence-electron chi connectivity index (χ4n) is 1.32. The Morgan fingerprint density at radius 2 is 2.11 bits per heavy atom. The smallest absolute Gasteiger partial charge is 0.359 e. The molecule has 10 heteroatoms. The number of aromatic amines is 1. The van der Waals surface area contributed by atoms with E-state index >= 15 is 0 Å². The second-order valence-electron chi connectivity index (χ2n) is 3.57. The fourth-order valence-corrected chi connectivity index (χ4v) is 1.32. The summed E-state index contributed by atoms with van der Waals surface area (Å²) in [7, 11) is 0. The summed E-state index contributed by atoms with van der Waals surface area (Å²) in [6, 6.07) is 0. The van der Waals surface area contributed by atoms with Gasteiger partial charge in [-0.05, 0) is 0 Å². The van der Waals surface area contributed by atoms with Crippen LogP contribution in [0.2, 0.25) is 0 Å². The molecule has 0 aliphatic heterocycles. The van der Waals surface area contributed by atoms with Crippen molar-refractivity contribution in [1.29, 1.82) is 0 Å². The molecule has 2 aromatic heterocycles. The zero-order valence-electron chi connectivity index (χ0n) is 9.45. The van der Waals surface area contributed by atoms with Crippen LogP contribution in [0.1, 0.15) is 0 Å². The molecule has 0 saturated heterocycles. The summed E-state index contributed by atoms with van der Waals surface area (Å²) in [5.74, 6) is -0.492. The summed E-state index contributed by atoms with van der Waals surface area (Å²) in [6.07, 6.45) is -1.80. The summed E-state index contributed by atoms with van der Waals surface area (Å²) < 4.78 is 35.6. The van der Waals surface area contributed by atoms with Gasteiger partial charge in [-0.15, -0.1) is 0 Å². The van der Waals surface area contributed by atoms with E-state index in [9.17, 15) is 18.0 Å². The Labute approximate surface area is 104 Å². The number of hydrogen-bond acceptors (Lipinski definition) is 5. The van der Waals surface area contributed by atoms with E-state index in [4.69, 9.17) is 0 Å². The van der Waals surface area contributed by atoms with Crippen molar-refractivity contribution in [2.24, 2.45) is 0 Å². The van der Waals surface area contributed by atoms with Gasteiger partial charge < -0.3 is 15.6 Å². The third-order valence-electron chi connectivity index (χ3n) is 2.13. The molecule has 1 amide bonds. The third-order valence-corrected chi connectivity index (χ3v) is 2.13. The lowest BCUT2D eigenvalue weighted by Gasteiger charge is -2.09. The number of carbonyl (C=O) groups is 1. The first-order chi connectivity index (χ1) is 8.96. The number of imidazole rings is 1. The molecule has 0 saturated carbocycles. The van der Waals surface area contributed by atoms with Gasteiger partial charge in [0.15, 0.2) is 11.5 Å². The van der Waals surface area contributed by atoms with Gasteiger partial charge in [-0.25, -0.2) is 15.0 Å². The number of amides is 1. The van der Waals surface area contributed by atoms with E-state index in [2.05, 4.69) is 25.3 Å². The van der Waals surface area contributed by atoms with E-state index in [0.29, 0.717) is 17.0 Å². The number of hydrogen-bond donors (Lipinski definition) is 3. The van der Waals surface area contributed by atoms with Gasteiger partial charge in [-0.2, -0.15) is 13.2 Å². The lowest BCUT2D eigenvalue weighted by Crippen LogP contribution is -2.37. The summed E-state index contributed by atoms with van der Waals surface area (Å²) in [6.45, 7) is -1.70. The number of rotatable bonds is 4.